The molecule has 2 aliphatic rings. The van der Waals surface area contributed by atoms with Crippen LogP contribution in [-0.4, -0.2) is 52.5 Å². The second-order valence-corrected chi connectivity index (χ2v) is 8.27. The van der Waals surface area contributed by atoms with Crippen LogP contribution >= 0.6 is 0 Å². The maximum atomic E-state index is 12.6. The molecule has 9 nitrogen and oxygen atoms in total. The van der Waals surface area contributed by atoms with Crippen LogP contribution in [-0.2, 0) is 14.4 Å². The van der Waals surface area contributed by atoms with E-state index < -0.39 is 35.4 Å². The Bertz CT molecular complexity index is 886. The number of piperidine rings is 1. The molecule has 1 atom stereocenters. The first-order chi connectivity index (χ1) is 14.1. The first-order valence-corrected chi connectivity index (χ1v) is 9.69. The predicted molar refractivity (Wildman–Crippen MR) is 103 cm³/mol. The number of carbonyl (C=O) groups excluding carboxylic acids is 4. The fourth-order valence-electron chi connectivity index (χ4n) is 3.49. The third-order valence-corrected chi connectivity index (χ3v) is 4.99. The third kappa shape index (κ3) is 4.27. The summed E-state index contributed by atoms with van der Waals surface area (Å²) < 4.78 is 5.34. The van der Waals surface area contributed by atoms with Crippen molar-refractivity contribution in [3.63, 3.8) is 0 Å². The van der Waals surface area contributed by atoms with E-state index in [1.54, 1.807) is 32.9 Å². The molecule has 1 fully saturated rings. The van der Waals surface area contributed by atoms with E-state index in [0.717, 1.165) is 0 Å². The summed E-state index contributed by atoms with van der Waals surface area (Å²) in [7, 11) is 0. The third-order valence-electron chi connectivity index (χ3n) is 4.99. The summed E-state index contributed by atoms with van der Waals surface area (Å²) in [6.07, 6.45) is 0.353. The Labute approximate surface area is 174 Å². The average Bonchev–Trinajstić information content (AvgIpc) is 2.93. The van der Waals surface area contributed by atoms with Gasteiger partial charge in [0.15, 0.2) is 0 Å². The molecule has 0 bridgehead atoms. The summed E-state index contributed by atoms with van der Waals surface area (Å²) in [4.78, 5) is 56.0. The quantitative estimate of drug-likeness (QED) is 0.699. The number of hydrogen-bond donors (Lipinski definition) is 0. The molecule has 1 aromatic carbocycles. The SMILES string of the molecule is CC(C)(C)OC(=O)N1CCC(C(C#N)C(=O)ON2C(=O)c3ccccc3C2=O)CC1. The molecule has 3 amide bonds. The second kappa shape index (κ2) is 8.14. The van der Waals surface area contributed by atoms with Crippen molar-refractivity contribution in [2.75, 3.05) is 13.1 Å². The minimum atomic E-state index is -1.16. The first kappa shape index (κ1) is 21.3. The number of imide groups is 1. The van der Waals surface area contributed by atoms with Crippen LogP contribution < -0.4 is 0 Å². The van der Waals surface area contributed by atoms with Crippen LogP contribution in [0.5, 0.6) is 0 Å². The highest BCUT2D eigenvalue weighted by Gasteiger charge is 2.42. The topological polar surface area (TPSA) is 117 Å². The van der Waals surface area contributed by atoms with Crippen molar-refractivity contribution in [3.05, 3.63) is 35.4 Å². The zero-order valence-corrected chi connectivity index (χ0v) is 17.1. The zero-order valence-electron chi connectivity index (χ0n) is 17.1. The Morgan fingerprint density at radius 1 is 1.10 bits per heavy atom. The highest BCUT2D eigenvalue weighted by atomic mass is 16.7. The highest BCUT2D eigenvalue weighted by molar-refractivity contribution is 6.20. The number of rotatable bonds is 3. The summed E-state index contributed by atoms with van der Waals surface area (Å²) in [6, 6.07) is 8.07. The fourth-order valence-corrected chi connectivity index (χ4v) is 3.49. The molecule has 2 heterocycles. The van der Waals surface area contributed by atoms with E-state index in [1.807, 2.05) is 6.07 Å². The molecule has 0 radical (unpaired) electrons. The molecule has 2 aliphatic heterocycles. The van der Waals surface area contributed by atoms with Crippen LogP contribution in [0, 0.1) is 23.2 Å². The van der Waals surface area contributed by atoms with Crippen LogP contribution in [0.15, 0.2) is 24.3 Å². The molecule has 30 heavy (non-hydrogen) atoms. The predicted octanol–water partition coefficient (Wildman–Crippen LogP) is 2.53. The number of hydrogen-bond acceptors (Lipinski definition) is 7. The van der Waals surface area contributed by atoms with Gasteiger partial charge >= 0.3 is 12.1 Å². The molecule has 1 saturated heterocycles. The van der Waals surface area contributed by atoms with Crippen molar-refractivity contribution >= 4 is 23.9 Å². The first-order valence-electron chi connectivity index (χ1n) is 9.69. The number of carbonyl (C=O) groups is 4. The van der Waals surface area contributed by atoms with Crippen molar-refractivity contribution in [3.8, 4) is 6.07 Å². The van der Waals surface area contributed by atoms with Crippen molar-refractivity contribution in [2.24, 2.45) is 11.8 Å². The molecule has 158 valence electrons. The van der Waals surface area contributed by atoms with Crippen LogP contribution in [0.1, 0.15) is 54.3 Å². The molecule has 0 aliphatic carbocycles. The van der Waals surface area contributed by atoms with Gasteiger partial charge in [-0.2, -0.15) is 5.26 Å². The Hall–Kier alpha value is -3.41. The van der Waals surface area contributed by atoms with Crippen molar-refractivity contribution in [2.45, 2.75) is 39.2 Å². The van der Waals surface area contributed by atoms with E-state index in [-0.39, 0.29) is 17.0 Å². The summed E-state index contributed by atoms with van der Waals surface area (Å²) >= 11 is 0. The summed E-state index contributed by atoms with van der Waals surface area (Å²) in [5.41, 5.74) is -0.316. The lowest BCUT2D eigenvalue weighted by Crippen LogP contribution is -2.44. The van der Waals surface area contributed by atoms with Gasteiger partial charge in [-0.25, -0.2) is 9.59 Å². The standard InChI is InChI=1S/C21H23N3O6/c1-21(2,3)29-20(28)23-10-8-13(9-11-23)16(12-22)19(27)30-24-17(25)14-6-4-5-7-15(14)18(24)26/h4-7,13,16H,8-11H2,1-3H3. The Kier molecular flexibility index (Phi) is 5.78. The minimum absolute atomic E-state index is 0.148. The number of benzene rings is 1. The number of hydroxylamine groups is 2. The van der Waals surface area contributed by atoms with E-state index in [9.17, 15) is 24.4 Å². The van der Waals surface area contributed by atoms with E-state index >= 15 is 0 Å². The Morgan fingerprint density at radius 2 is 1.63 bits per heavy atom. The minimum Gasteiger partial charge on any atom is -0.444 e. The molecule has 0 N–H and O–H groups in total. The van der Waals surface area contributed by atoms with Crippen molar-refractivity contribution in [1.29, 1.82) is 5.26 Å². The lowest BCUT2D eigenvalue weighted by Gasteiger charge is -2.34. The van der Waals surface area contributed by atoms with Gasteiger partial charge in [0.05, 0.1) is 17.2 Å². The number of amides is 3. The van der Waals surface area contributed by atoms with Crippen LogP contribution in [0.4, 0.5) is 4.79 Å². The molecule has 1 unspecified atom stereocenters. The van der Waals surface area contributed by atoms with Gasteiger partial charge in [-0.1, -0.05) is 17.2 Å². The Balaban J connectivity index is 1.60. The van der Waals surface area contributed by atoms with E-state index in [2.05, 4.69) is 0 Å². The van der Waals surface area contributed by atoms with Gasteiger partial charge in [0.25, 0.3) is 11.8 Å². The molecule has 9 heteroatoms. The number of nitriles is 1. The van der Waals surface area contributed by atoms with E-state index in [0.29, 0.717) is 31.0 Å². The molecule has 3 rings (SSSR count). The van der Waals surface area contributed by atoms with E-state index in [1.165, 1.54) is 17.0 Å². The van der Waals surface area contributed by atoms with Gasteiger partial charge in [0, 0.05) is 13.1 Å². The van der Waals surface area contributed by atoms with Crippen molar-refractivity contribution in [1.82, 2.24) is 9.96 Å². The summed E-state index contributed by atoms with van der Waals surface area (Å²) in [5.74, 6) is -3.95. The maximum absolute atomic E-state index is 12.6. The van der Waals surface area contributed by atoms with Crippen molar-refractivity contribution < 1.29 is 28.8 Å². The fraction of sp³-hybridized carbons (Fsp3) is 0.476. The lowest BCUT2D eigenvalue weighted by atomic mass is 9.85. The van der Waals surface area contributed by atoms with Gasteiger partial charge in [-0.05, 0) is 51.7 Å². The highest BCUT2D eigenvalue weighted by Crippen LogP contribution is 2.29. The van der Waals surface area contributed by atoms with Gasteiger partial charge in [0.2, 0.25) is 0 Å². The number of nitrogens with zero attached hydrogens (tertiary/aromatic N) is 3. The van der Waals surface area contributed by atoms with Gasteiger partial charge in [0.1, 0.15) is 11.5 Å². The molecular weight excluding hydrogens is 390 g/mol. The Morgan fingerprint density at radius 3 is 2.10 bits per heavy atom. The number of likely N-dealkylation sites (tertiary alicyclic amines) is 1. The lowest BCUT2D eigenvalue weighted by molar-refractivity contribution is -0.173. The number of fused-ring (bicyclic) bond motifs is 1. The second-order valence-electron chi connectivity index (χ2n) is 8.27. The maximum Gasteiger partial charge on any atom is 0.410 e. The average molecular weight is 413 g/mol. The van der Waals surface area contributed by atoms with Gasteiger partial charge in [-0.15, -0.1) is 0 Å². The molecule has 0 aromatic heterocycles. The van der Waals surface area contributed by atoms with Gasteiger partial charge < -0.3 is 14.5 Å². The van der Waals surface area contributed by atoms with Gasteiger partial charge in [-0.3, -0.25) is 9.59 Å². The normalized spacial score (nSPS) is 17.9. The molecular formula is C21H23N3O6. The molecule has 0 spiro atoms. The number of ether oxygens (including phenoxy) is 1. The smallest absolute Gasteiger partial charge is 0.410 e. The van der Waals surface area contributed by atoms with Crippen LogP contribution in [0.2, 0.25) is 0 Å². The summed E-state index contributed by atoms with van der Waals surface area (Å²) in [6.45, 7) is 5.99. The molecule has 1 aromatic rings. The monoisotopic (exact) mass is 413 g/mol. The van der Waals surface area contributed by atoms with Crippen LogP contribution in [0.25, 0.3) is 0 Å². The molecule has 0 saturated carbocycles. The largest absolute Gasteiger partial charge is 0.444 e. The van der Waals surface area contributed by atoms with E-state index in [4.69, 9.17) is 9.57 Å². The zero-order chi connectivity index (χ0) is 22.1. The van der Waals surface area contributed by atoms with Crippen LogP contribution in [0.3, 0.4) is 0 Å². The summed E-state index contributed by atoms with van der Waals surface area (Å²) in [5, 5.41) is 9.92.